The maximum Gasteiger partial charge on any atom is 0.308 e. The second-order valence-corrected chi connectivity index (χ2v) is 6.06. The summed E-state index contributed by atoms with van der Waals surface area (Å²) >= 11 is 3.41. The van der Waals surface area contributed by atoms with Crippen molar-refractivity contribution in [1.82, 2.24) is 4.90 Å². The van der Waals surface area contributed by atoms with E-state index in [9.17, 15) is 9.59 Å². The molecular weight excluding hydrogens is 322 g/mol. The summed E-state index contributed by atoms with van der Waals surface area (Å²) in [5.74, 6) is -1.15. The third kappa shape index (κ3) is 4.07. The summed E-state index contributed by atoms with van der Waals surface area (Å²) in [6.07, 6.45) is 2.57. The molecule has 0 spiro atoms. The number of aryl methyl sites for hydroxylation is 1. The van der Waals surface area contributed by atoms with Crippen LogP contribution in [0.4, 0.5) is 0 Å². The molecule has 1 aliphatic heterocycles. The largest absolute Gasteiger partial charge is 0.481 e. The SMILES string of the molecule is O=C(O)[C@H]1CCCN(C(=O)CCc2cccc(Br)c2)C1. The number of carbonyl (C=O) groups is 2. The number of benzene rings is 1. The molecular formula is C15H18BrNO3. The van der Waals surface area contributed by atoms with Crippen LogP contribution in [-0.2, 0) is 16.0 Å². The number of carbonyl (C=O) groups excluding carboxylic acids is 1. The van der Waals surface area contributed by atoms with Gasteiger partial charge in [0, 0.05) is 24.0 Å². The van der Waals surface area contributed by atoms with Crippen molar-refractivity contribution in [2.45, 2.75) is 25.7 Å². The third-order valence-corrected chi connectivity index (χ3v) is 4.13. The highest BCUT2D eigenvalue weighted by Gasteiger charge is 2.27. The molecule has 1 fully saturated rings. The van der Waals surface area contributed by atoms with Gasteiger partial charge in [-0.2, -0.15) is 0 Å². The Kier molecular flexibility index (Phi) is 5.17. The number of hydrogen-bond donors (Lipinski definition) is 1. The zero-order valence-electron chi connectivity index (χ0n) is 11.2. The number of carboxylic acid groups (broad SMARTS) is 1. The molecule has 1 N–H and O–H groups in total. The predicted octanol–water partition coefficient (Wildman–Crippen LogP) is 2.70. The van der Waals surface area contributed by atoms with Gasteiger partial charge in [0.15, 0.2) is 0 Å². The Balaban J connectivity index is 1.87. The number of piperidine rings is 1. The number of hydrogen-bond acceptors (Lipinski definition) is 2. The topological polar surface area (TPSA) is 57.6 Å². The highest BCUT2D eigenvalue weighted by atomic mass is 79.9. The van der Waals surface area contributed by atoms with Crippen LogP contribution < -0.4 is 0 Å². The van der Waals surface area contributed by atoms with Crippen LogP contribution >= 0.6 is 15.9 Å². The molecule has 1 amide bonds. The quantitative estimate of drug-likeness (QED) is 0.917. The number of nitrogens with zero attached hydrogens (tertiary/aromatic N) is 1. The average Bonchev–Trinajstić information content (AvgIpc) is 2.45. The second kappa shape index (κ2) is 6.88. The van der Waals surface area contributed by atoms with Crippen LogP contribution in [0.25, 0.3) is 0 Å². The van der Waals surface area contributed by atoms with Crippen molar-refractivity contribution in [2.75, 3.05) is 13.1 Å². The van der Waals surface area contributed by atoms with E-state index in [1.165, 1.54) is 0 Å². The van der Waals surface area contributed by atoms with Gasteiger partial charge < -0.3 is 10.0 Å². The first-order chi connectivity index (χ1) is 9.56. The Bertz CT molecular complexity index is 504. The molecule has 1 aliphatic rings. The van der Waals surface area contributed by atoms with E-state index in [-0.39, 0.29) is 5.91 Å². The van der Waals surface area contributed by atoms with Crippen LogP contribution in [0.3, 0.4) is 0 Å². The molecule has 1 atom stereocenters. The Morgan fingerprint density at radius 3 is 2.90 bits per heavy atom. The minimum atomic E-state index is -0.797. The summed E-state index contributed by atoms with van der Waals surface area (Å²) < 4.78 is 1.01. The first-order valence-electron chi connectivity index (χ1n) is 6.81. The zero-order chi connectivity index (χ0) is 14.5. The van der Waals surface area contributed by atoms with E-state index < -0.39 is 11.9 Å². The predicted molar refractivity (Wildman–Crippen MR) is 79.4 cm³/mol. The number of likely N-dealkylation sites (tertiary alicyclic amines) is 1. The molecule has 1 aromatic rings. The molecule has 1 aromatic carbocycles. The van der Waals surface area contributed by atoms with Crippen molar-refractivity contribution in [3.63, 3.8) is 0 Å². The summed E-state index contributed by atoms with van der Waals surface area (Å²) in [6, 6.07) is 7.90. The summed E-state index contributed by atoms with van der Waals surface area (Å²) in [5, 5.41) is 9.03. The Labute approximate surface area is 126 Å². The van der Waals surface area contributed by atoms with Crippen LogP contribution in [0.2, 0.25) is 0 Å². The van der Waals surface area contributed by atoms with E-state index in [0.29, 0.717) is 32.4 Å². The van der Waals surface area contributed by atoms with Crippen LogP contribution in [0.15, 0.2) is 28.7 Å². The van der Waals surface area contributed by atoms with Gasteiger partial charge in [0.05, 0.1) is 5.92 Å². The van der Waals surface area contributed by atoms with Gasteiger partial charge in [-0.3, -0.25) is 9.59 Å². The summed E-state index contributed by atoms with van der Waals surface area (Å²) in [6.45, 7) is 1.04. The Hall–Kier alpha value is -1.36. The minimum absolute atomic E-state index is 0.0518. The number of carboxylic acids is 1. The van der Waals surface area contributed by atoms with Crippen LogP contribution in [0.1, 0.15) is 24.8 Å². The number of amides is 1. The van der Waals surface area contributed by atoms with E-state index >= 15 is 0 Å². The lowest BCUT2D eigenvalue weighted by Gasteiger charge is -2.30. The minimum Gasteiger partial charge on any atom is -0.481 e. The molecule has 0 aliphatic carbocycles. The van der Waals surface area contributed by atoms with Crippen molar-refractivity contribution in [3.05, 3.63) is 34.3 Å². The highest BCUT2D eigenvalue weighted by Crippen LogP contribution is 2.18. The van der Waals surface area contributed by atoms with Gasteiger partial charge in [-0.15, -0.1) is 0 Å². The molecule has 0 radical (unpaired) electrons. The molecule has 1 saturated heterocycles. The van der Waals surface area contributed by atoms with Gasteiger partial charge in [-0.1, -0.05) is 28.1 Å². The van der Waals surface area contributed by atoms with Crippen LogP contribution in [0.5, 0.6) is 0 Å². The summed E-state index contributed by atoms with van der Waals surface area (Å²) in [5.41, 5.74) is 1.11. The van der Waals surface area contributed by atoms with Gasteiger partial charge >= 0.3 is 5.97 Å². The summed E-state index contributed by atoms with van der Waals surface area (Å²) in [4.78, 5) is 24.8. The average molecular weight is 340 g/mol. The summed E-state index contributed by atoms with van der Waals surface area (Å²) in [7, 11) is 0. The fraction of sp³-hybridized carbons (Fsp3) is 0.467. The number of rotatable bonds is 4. The van der Waals surface area contributed by atoms with Gasteiger partial charge in [-0.05, 0) is 37.0 Å². The van der Waals surface area contributed by atoms with Crippen LogP contribution in [-0.4, -0.2) is 35.0 Å². The van der Waals surface area contributed by atoms with E-state index in [2.05, 4.69) is 15.9 Å². The molecule has 1 heterocycles. The lowest BCUT2D eigenvalue weighted by atomic mass is 9.97. The number of aliphatic carboxylic acids is 1. The molecule has 20 heavy (non-hydrogen) atoms. The van der Waals surface area contributed by atoms with Crippen molar-refractivity contribution >= 4 is 27.8 Å². The van der Waals surface area contributed by atoms with Gasteiger partial charge in [0.25, 0.3) is 0 Å². The lowest BCUT2D eigenvalue weighted by Crippen LogP contribution is -2.42. The molecule has 0 aromatic heterocycles. The maximum atomic E-state index is 12.1. The van der Waals surface area contributed by atoms with Crippen LogP contribution in [0, 0.1) is 5.92 Å². The highest BCUT2D eigenvalue weighted by molar-refractivity contribution is 9.10. The fourth-order valence-electron chi connectivity index (χ4n) is 2.51. The third-order valence-electron chi connectivity index (χ3n) is 3.64. The second-order valence-electron chi connectivity index (χ2n) is 5.15. The van der Waals surface area contributed by atoms with Crippen molar-refractivity contribution in [2.24, 2.45) is 5.92 Å². The lowest BCUT2D eigenvalue weighted by molar-refractivity contribution is -0.145. The van der Waals surface area contributed by atoms with Crippen molar-refractivity contribution < 1.29 is 14.7 Å². The standard InChI is InChI=1S/C15H18BrNO3/c16-13-5-1-3-11(9-13)6-7-14(18)17-8-2-4-12(10-17)15(19)20/h1,3,5,9,12H,2,4,6-8,10H2,(H,19,20)/t12-/m0/s1. The maximum absolute atomic E-state index is 12.1. The molecule has 0 unspecified atom stereocenters. The van der Waals surface area contributed by atoms with Crippen molar-refractivity contribution in [3.8, 4) is 0 Å². The molecule has 5 heteroatoms. The molecule has 4 nitrogen and oxygen atoms in total. The van der Waals surface area contributed by atoms with Gasteiger partial charge in [0.1, 0.15) is 0 Å². The number of halogens is 1. The van der Waals surface area contributed by atoms with E-state index in [1.54, 1.807) is 4.90 Å². The normalized spacial score (nSPS) is 18.9. The van der Waals surface area contributed by atoms with Gasteiger partial charge in [0.2, 0.25) is 5.91 Å². The molecule has 0 saturated carbocycles. The van der Waals surface area contributed by atoms with E-state index in [4.69, 9.17) is 5.11 Å². The first-order valence-corrected chi connectivity index (χ1v) is 7.60. The molecule has 0 bridgehead atoms. The van der Waals surface area contributed by atoms with Crippen molar-refractivity contribution in [1.29, 1.82) is 0 Å². The first kappa shape index (κ1) is 15.0. The zero-order valence-corrected chi connectivity index (χ0v) is 12.8. The van der Waals surface area contributed by atoms with E-state index in [0.717, 1.165) is 16.5 Å². The van der Waals surface area contributed by atoms with Gasteiger partial charge in [-0.25, -0.2) is 0 Å². The van der Waals surface area contributed by atoms with E-state index in [1.807, 2.05) is 24.3 Å². The fourth-order valence-corrected chi connectivity index (χ4v) is 2.95. The molecule has 108 valence electrons. The molecule has 2 rings (SSSR count). The Morgan fingerprint density at radius 1 is 1.40 bits per heavy atom. The smallest absolute Gasteiger partial charge is 0.308 e. The Morgan fingerprint density at radius 2 is 2.20 bits per heavy atom. The monoisotopic (exact) mass is 339 g/mol.